The molecule has 5 rings (SSSR count). The highest BCUT2D eigenvalue weighted by atomic mass is 28.3. The number of pyridine rings is 1. The zero-order valence-electron chi connectivity index (χ0n) is 28.8. The van der Waals surface area contributed by atoms with Gasteiger partial charge in [-0.2, -0.15) is 0 Å². The van der Waals surface area contributed by atoms with Crippen molar-refractivity contribution in [3.05, 3.63) is 102 Å². The van der Waals surface area contributed by atoms with Crippen LogP contribution in [0.2, 0.25) is 25.7 Å². The van der Waals surface area contributed by atoms with E-state index in [1.807, 2.05) is 41.1 Å². The lowest BCUT2D eigenvalue weighted by Gasteiger charge is -2.19. The third kappa shape index (κ3) is 9.92. The average molecular weight is 688 g/mol. The molecule has 0 aliphatic carbocycles. The number of alkyl carbamates (subject to hydrolysis) is 1. The molecular weight excluding hydrogens is 645 g/mol. The number of nitrogens with zero attached hydrogens (tertiary/aromatic N) is 4. The van der Waals surface area contributed by atoms with Gasteiger partial charge >= 0.3 is 6.09 Å². The molecule has 0 saturated carbocycles. The summed E-state index contributed by atoms with van der Waals surface area (Å²) in [5.74, 6) is -2.53. The minimum Gasteiger partial charge on any atom is -0.444 e. The molecule has 12 heteroatoms. The summed E-state index contributed by atoms with van der Waals surface area (Å²) in [6, 6.07) is 17.3. The fraction of sp³-hybridized carbons (Fsp3) is 0.351. The first kappa shape index (κ1) is 35.6. The smallest absolute Gasteiger partial charge is 0.407 e. The molecule has 1 amide bonds. The Bertz CT molecular complexity index is 1880. The van der Waals surface area contributed by atoms with Gasteiger partial charge in [-0.05, 0) is 80.6 Å². The minimum absolute atomic E-state index is 0.0130. The van der Waals surface area contributed by atoms with Crippen LogP contribution < -0.4 is 10.1 Å². The highest BCUT2D eigenvalue weighted by molar-refractivity contribution is 6.76. The number of fused-ring (bicyclic) bond motifs is 1. The van der Waals surface area contributed by atoms with Crippen LogP contribution in [-0.2, 0) is 35.6 Å². The van der Waals surface area contributed by atoms with E-state index in [0.717, 1.165) is 42.3 Å². The van der Waals surface area contributed by atoms with Crippen molar-refractivity contribution in [1.82, 2.24) is 24.8 Å². The van der Waals surface area contributed by atoms with E-state index in [2.05, 4.69) is 52.0 Å². The first-order valence-electron chi connectivity index (χ1n) is 16.3. The van der Waals surface area contributed by atoms with Crippen LogP contribution in [-0.4, -0.2) is 45.9 Å². The average Bonchev–Trinajstić information content (AvgIpc) is 3.41. The number of rotatable bonds is 13. The molecule has 2 aromatic carbocycles. The van der Waals surface area contributed by atoms with Gasteiger partial charge in [-0.15, -0.1) is 0 Å². The second-order valence-electron chi connectivity index (χ2n) is 14.1. The number of nitrogens with one attached hydrogen (secondary N) is 1. The summed E-state index contributed by atoms with van der Waals surface area (Å²) >= 11 is 0. The topological polar surface area (TPSA) is 100 Å². The van der Waals surface area contributed by atoms with Gasteiger partial charge in [0.25, 0.3) is 0 Å². The Morgan fingerprint density at radius 1 is 0.939 bits per heavy atom. The van der Waals surface area contributed by atoms with Gasteiger partial charge in [0.15, 0.2) is 11.6 Å². The molecular formula is C37H43F2N5O4Si. The normalized spacial score (nSPS) is 11.9. The summed E-state index contributed by atoms with van der Waals surface area (Å²) in [5.41, 5.74) is 3.62. The molecule has 3 heterocycles. The summed E-state index contributed by atoms with van der Waals surface area (Å²) < 4.78 is 49.9. The van der Waals surface area contributed by atoms with Crippen molar-refractivity contribution in [2.45, 2.75) is 78.2 Å². The molecule has 0 spiro atoms. The molecule has 1 N–H and O–H groups in total. The third-order valence-corrected chi connectivity index (χ3v) is 9.28. The predicted octanol–water partition coefficient (Wildman–Crippen LogP) is 8.69. The van der Waals surface area contributed by atoms with Gasteiger partial charge in [0.1, 0.15) is 24.3 Å². The monoisotopic (exact) mass is 687 g/mol. The maximum Gasteiger partial charge on any atom is 0.407 e. The Morgan fingerprint density at radius 3 is 2.37 bits per heavy atom. The van der Waals surface area contributed by atoms with Crippen LogP contribution in [0.15, 0.2) is 73.3 Å². The number of hydrogen-bond donors (Lipinski definition) is 1. The van der Waals surface area contributed by atoms with Crippen LogP contribution in [0.1, 0.15) is 37.6 Å². The van der Waals surface area contributed by atoms with Crippen molar-refractivity contribution in [2.24, 2.45) is 0 Å². The molecule has 0 aliphatic heterocycles. The Kier molecular flexibility index (Phi) is 11.1. The molecule has 5 aromatic rings. The molecule has 0 aliphatic rings. The zero-order valence-corrected chi connectivity index (χ0v) is 29.8. The number of halogens is 2. The predicted molar refractivity (Wildman–Crippen MR) is 188 cm³/mol. The van der Waals surface area contributed by atoms with Crippen LogP contribution in [0.25, 0.3) is 22.2 Å². The summed E-state index contributed by atoms with van der Waals surface area (Å²) in [6.07, 6.45) is 5.79. The molecule has 49 heavy (non-hydrogen) atoms. The first-order valence-corrected chi connectivity index (χ1v) is 20.0. The number of amides is 1. The van der Waals surface area contributed by atoms with Crippen LogP contribution in [0.4, 0.5) is 13.6 Å². The number of carbonyl (C=O) groups excluding carboxylic acids is 1. The van der Waals surface area contributed by atoms with E-state index >= 15 is 8.78 Å². The van der Waals surface area contributed by atoms with Gasteiger partial charge < -0.3 is 24.1 Å². The molecule has 9 nitrogen and oxygen atoms in total. The van der Waals surface area contributed by atoms with E-state index in [-0.39, 0.29) is 24.7 Å². The van der Waals surface area contributed by atoms with Crippen LogP contribution in [0, 0.1) is 11.6 Å². The van der Waals surface area contributed by atoms with Gasteiger partial charge in [-0.25, -0.2) is 23.5 Å². The second kappa shape index (κ2) is 15.3. The van der Waals surface area contributed by atoms with E-state index < -0.39 is 37.2 Å². The minimum atomic E-state index is -1.31. The van der Waals surface area contributed by atoms with Crippen molar-refractivity contribution in [3.63, 3.8) is 0 Å². The summed E-state index contributed by atoms with van der Waals surface area (Å²) in [5, 5.41) is 2.99. The Hall–Kier alpha value is -4.68. The largest absolute Gasteiger partial charge is 0.444 e. The van der Waals surface area contributed by atoms with Crippen molar-refractivity contribution in [2.75, 3.05) is 6.61 Å². The molecule has 0 bridgehead atoms. The lowest BCUT2D eigenvalue weighted by atomic mass is 10.0. The number of carbonyl (C=O) groups is 1. The molecule has 0 unspecified atom stereocenters. The van der Waals surface area contributed by atoms with E-state index in [0.29, 0.717) is 23.2 Å². The number of hydrogen-bond acceptors (Lipinski definition) is 7. The quantitative estimate of drug-likeness (QED) is 0.0977. The van der Waals surface area contributed by atoms with E-state index in [1.54, 1.807) is 27.0 Å². The standard InChI is InChI=1S/C37H43F2N5O4Si/c1-37(2,3)48-36(45)41-21-26-18-30(38)33(31(39)19-26)47-35-32-29(22-44(34(32)42-23-43-35)24-46-16-17-49(4,5)6)27-14-15-40-28(20-27)13-12-25-10-8-7-9-11-25/h7-11,14-15,18-20,22-23H,12-13,16-17,21,24H2,1-6H3,(H,41,45). The molecule has 3 aromatic heterocycles. The van der Waals surface area contributed by atoms with Gasteiger partial charge in [-0.3, -0.25) is 4.98 Å². The van der Waals surface area contributed by atoms with Gasteiger partial charge in [0.2, 0.25) is 11.6 Å². The maximum atomic E-state index is 15.4. The zero-order chi connectivity index (χ0) is 35.2. The molecule has 0 radical (unpaired) electrons. The highest BCUT2D eigenvalue weighted by Gasteiger charge is 2.23. The highest BCUT2D eigenvalue weighted by Crippen LogP contribution is 2.38. The third-order valence-electron chi connectivity index (χ3n) is 7.58. The number of aromatic nitrogens is 4. The second-order valence-corrected chi connectivity index (χ2v) is 19.7. The number of benzene rings is 2. The Balaban J connectivity index is 1.46. The van der Waals surface area contributed by atoms with E-state index in [9.17, 15) is 4.79 Å². The Morgan fingerprint density at radius 2 is 1.67 bits per heavy atom. The van der Waals surface area contributed by atoms with Crippen molar-refractivity contribution < 1.29 is 27.8 Å². The first-order chi connectivity index (χ1) is 23.3. The van der Waals surface area contributed by atoms with Gasteiger partial charge in [0.05, 0.1) is 5.39 Å². The summed E-state index contributed by atoms with van der Waals surface area (Å²) in [7, 11) is -1.31. The summed E-state index contributed by atoms with van der Waals surface area (Å²) in [4.78, 5) is 25.5. The van der Waals surface area contributed by atoms with Crippen molar-refractivity contribution in [1.29, 1.82) is 0 Å². The van der Waals surface area contributed by atoms with E-state index in [4.69, 9.17) is 14.2 Å². The number of aryl methyl sites for hydroxylation is 2. The van der Waals surface area contributed by atoms with Crippen molar-refractivity contribution in [3.8, 4) is 22.8 Å². The lowest BCUT2D eigenvalue weighted by molar-refractivity contribution is 0.0523. The number of ether oxygens (including phenoxy) is 3. The maximum absolute atomic E-state index is 15.4. The van der Waals surface area contributed by atoms with Crippen molar-refractivity contribution >= 4 is 25.2 Å². The molecule has 258 valence electrons. The van der Waals surface area contributed by atoms with E-state index in [1.165, 1.54) is 11.9 Å². The van der Waals surface area contributed by atoms with Gasteiger partial charge in [0, 0.05) is 44.9 Å². The SMILES string of the molecule is CC(C)(C)OC(=O)NCc1cc(F)c(Oc2ncnc3c2c(-c2ccnc(CCc4ccccc4)c2)cn3COCC[Si](C)(C)C)c(F)c1. The molecule has 0 fully saturated rings. The lowest BCUT2D eigenvalue weighted by Crippen LogP contribution is -2.32. The fourth-order valence-electron chi connectivity index (χ4n) is 5.13. The molecule has 0 atom stereocenters. The summed E-state index contributed by atoms with van der Waals surface area (Å²) in [6.45, 7) is 12.7. The van der Waals surface area contributed by atoms with Crippen LogP contribution >= 0.6 is 0 Å². The van der Waals surface area contributed by atoms with Crippen LogP contribution in [0.3, 0.4) is 0 Å². The Labute approximate surface area is 286 Å². The van der Waals surface area contributed by atoms with Crippen LogP contribution in [0.5, 0.6) is 11.6 Å². The molecule has 0 saturated heterocycles. The van der Waals surface area contributed by atoms with Gasteiger partial charge in [-0.1, -0.05) is 50.0 Å². The fourth-order valence-corrected chi connectivity index (χ4v) is 5.88.